The van der Waals surface area contributed by atoms with Gasteiger partial charge >= 0.3 is 0 Å². The van der Waals surface area contributed by atoms with Crippen LogP contribution < -0.4 is 10.6 Å². The number of anilines is 1. The smallest absolute Gasteiger partial charge is 0.261 e. The molecule has 0 saturated carbocycles. The number of hydrogen-bond acceptors (Lipinski definition) is 5. The molecule has 0 radical (unpaired) electrons. The molecule has 3 aromatic rings. The number of carbonyl (C=O) groups excluding carboxylic acids is 1. The van der Waals surface area contributed by atoms with Gasteiger partial charge < -0.3 is 5.32 Å². The number of nitrogens with zero attached hydrogens (tertiary/aromatic N) is 5. The van der Waals surface area contributed by atoms with Crippen LogP contribution in [0, 0.1) is 0 Å². The standard InChI is InChI=1S/C19H22ClN7O.ClH/c1-26-19(23-17(25-26)13-6-8-21-9-7-13)24-18(28)15-10-22-27(12-15)11-14-4-2-3-5-16(14)20;/h2-5,10,12-13,21H,6-9,11H2,1H3,(H,23,24,25,28);1H. The predicted octanol–water partition coefficient (Wildman–Crippen LogP) is 2.85. The van der Waals surface area contributed by atoms with Crippen molar-refractivity contribution in [3.05, 3.63) is 58.6 Å². The van der Waals surface area contributed by atoms with Crippen LogP contribution in [-0.2, 0) is 13.6 Å². The molecule has 2 aromatic heterocycles. The zero-order valence-corrected chi connectivity index (χ0v) is 17.6. The molecular weight excluding hydrogens is 413 g/mol. The van der Waals surface area contributed by atoms with E-state index in [1.54, 1.807) is 22.6 Å². The number of carbonyl (C=O) groups is 1. The summed E-state index contributed by atoms with van der Waals surface area (Å²) >= 11 is 6.19. The van der Waals surface area contributed by atoms with Crippen molar-refractivity contribution < 1.29 is 4.79 Å². The number of nitrogens with one attached hydrogen (secondary N) is 2. The zero-order valence-electron chi connectivity index (χ0n) is 16.0. The molecule has 1 aliphatic heterocycles. The highest BCUT2D eigenvalue weighted by Gasteiger charge is 2.21. The van der Waals surface area contributed by atoms with Gasteiger partial charge in [0.1, 0.15) is 0 Å². The van der Waals surface area contributed by atoms with Crippen molar-refractivity contribution in [1.29, 1.82) is 0 Å². The Labute approximate surface area is 180 Å². The SMILES string of the molecule is Cl.Cn1nc(C2CCNCC2)nc1NC(=O)c1cnn(Cc2ccccc2Cl)c1. The Morgan fingerprint density at radius 3 is 2.83 bits per heavy atom. The minimum atomic E-state index is -0.266. The van der Waals surface area contributed by atoms with Gasteiger partial charge in [-0.25, -0.2) is 4.68 Å². The second kappa shape index (κ2) is 9.39. The van der Waals surface area contributed by atoms with E-state index in [0.717, 1.165) is 37.3 Å². The van der Waals surface area contributed by atoms with Crippen LogP contribution in [-0.4, -0.2) is 43.5 Å². The average Bonchev–Trinajstić information content (AvgIpc) is 3.32. The molecule has 1 fully saturated rings. The van der Waals surface area contributed by atoms with Crippen LogP contribution in [0.2, 0.25) is 5.02 Å². The quantitative estimate of drug-likeness (QED) is 0.642. The van der Waals surface area contributed by atoms with E-state index in [1.165, 1.54) is 6.20 Å². The third kappa shape index (κ3) is 4.95. The maximum Gasteiger partial charge on any atom is 0.261 e. The highest BCUT2D eigenvalue weighted by molar-refractivity contribution is 6.31. The molecule has 154 valence electrons. The van der Waals surface area contributed by atoms with Crippen LogP contribution in [0.3, 0.4) is 0 Å². The Morgan fingerprint density at radius 2 is 2.07 bits per heavy atom. The molecule has 1 amide bonds. The lowest BCUT2D eigenvalue weighted by atomic mass is 9.98. The molecule has 0 atom stereocenters. The second-order valence-corrected chi connectivity index (χ2v) is 7.32. The molecule has 1 aromatic carbocycles. The lowest BCUT2D eigenvalue weighted by Gasteiger charge is -2.19. The first-order valence-corrected chi connectivity index (χ1v) is 9.67. The van der Waals surface area contributed by atoms with Gasteiger partial charge in [-0.2, -0.15) is 15.2 Å². The molecule has 0 unspecified atom stereocenters. The summed E-state index contributed by atoms with van der Waals surface area (Å²) in [4.78, 5) is 17.1. The van der Waals surface area contributed by atoms with Crippen LogP contribution in [0.25, 0.3) is 0 Å². The van der Waals surface area contributed by atoms with Gasteiger partial charge in [-0.05, 0) is 37.6 Å². The summed E-state index contributed by atoms with van der Waals surface area (Å²) in [6.45, 7) is 2.43. The van der Waals surface area contributed by atoms with E-state index in [1.807, 2.05) is 24.3 Å². The number of rotatable bonds is 5. The highest BCUT2D eigenvalue weighted by atomic mass is 35.5. The number of piperidine rings is 1. The van der Waals surface area contributed by atoms with Crippen molar-refractivity contribution in [1.82, 2.24) is 29.9 Å². The lowest BCUT2D eigenvalue weighted by molar-refractivity contribution is 0.102. The fraction of sp³-hybridized carbons (Fsp3) is 0.368. The number of aromatic nitrogens is 5. The minimum Gasteiger partial charge on any atom is -0.317 e. The van der Waals surface area contributed by atoms with Crippen LogP contribution in [0.4, 0.5) is 5.95 Å². The van der Waals surface area contributed by atoms with Crippen molar-refractivity contribution in [2.75, 3.05) is 18.4 Å². The number of hydrogen-bond donors (Lipinski definition) is 2. The molecule has 4 rings (SSSR count). The fourth-order valence-electron chi connectivity index (χ4n) is 3.31. The van der Waals surface area contributed by atoms with Gasteiger partial charge in [-0.15, -0.1) is 12.4 Å². The predicted molar refractivity (Wildman–Crippen MR) is 114 cm³/mol. The number of amides is 1. The van der Waals surface area contributed by atoms with Crippen molar-refractivity contribution in [3.8, 4) is 0 Å². The maximum absolute atomic E-state index is 12.6. The van der Waals surface area contributed by atoms with E-state index < -0.39 is 0 Å². The molecule has 8 nitrogen and oxygen atoms in total. The second-order valence-electron chi connectivity index (χ2n) is 6.91. The Hall–Kier alpha value is -2.42. The molecule has 29 heavy (non-hydrogen) atoms. The van der Waals surface area contributed by atoms with Gasteiger partial charge in [-0.3, -0.25) is 14.8 Å². The van der Waals surface area contributed by atoms with Crippen LogP contribution >= 0.6 is 24.0 Å². The van der Waals surface area contributed by atoms with E-state index in [0.29, 0.717) is 29.0 Å². The molecule has 2 N–H and O–H groups in total. The highest BCUT2D eigenvalue weighted by Crippen LogP contribution is 2.23. The Bertz CT molecular complexity index is 979. The molecule has 3 heterocycles. The largest absolute Gasteiger partial charge is 0.317 e. The van der Waals surface area contributed by atoms with Crippen molar-refractivity contribution >= 4 is 35.9 Å². The van der Waals surface area contributed by atoms with Gasteiger partial charge in [0.15, 0.2) is 5.82 Å². The third-order valence-electron chi connectivity index (χ3n) is 4.89. The fourth-order valence-corrected chi connectivity index (χ4v) is 3.50. The van der Waals surface area contributed by atoms with Crippen LogP contribution in [0.1, 0.15) is 40.5 Å². The molecular formula is C19H23Cl2N7O. The van der Waals surface area contributed by atoms with E-state index in [2.05, 4.69) is 25.8 Å². The summed E-state index contributed by atoms with van der Waals surface area (Å²) in [5, 5.41) is 15.6. The van der Waals surface area contributed by atoms with Gasteiger partial charge in [0.25, 0.3) is 5.91 Å². The van der Waals surface area contributed by atoms with Gasteiger partial charge in [0.05, 0.1) is 18.3 Å². The van der Waals surface area contributed by atoms with Crippen molar-refractivity contribution in [2.45, 2.75) is 25.3 Å². The maximum atomic E-state index is 12.6. The topological polar surface area (TPSA) is 89.7 Å². The van der Waals surface area contributed by atoms with Crippen LogP contribution in [0.15, 0.2) is 36.7 Å². The molecule has 1 aliphatic rings. The summed E-state index contributed by atoms with van der Waals surface area (Å²) < 4.78 is 3.30. The summed E-state index contributed by atoms with van der Waals surface area (Å²) in [6, 6.07) is 7.58. The van der Waals surface area contributed by atoms with Gasteiger partial charge in [-0.1, -0.05) is 29.8 Å². The first-order chi connectivity index (χ1) is 13.6. The molecule has 0 spiro atoms. The Morgan fingerprint density at radius 1 is 1.31 bits per heavy atom. The number of aryl methyl sites for hydroxylation is 1. The summed E-state index contributed by atoms with van der Waals surface area (Å²) in [5.74, 6) is 1.29. The van der Waals surface area contributed by atoms with Crippen molar-refractivity contribution in [3.63, 3.8) is 0 Å². The molecule has 0 aliphatic carbocycles. The molecule has 0 bridgehead atoms. The Kier molecular flexibility index (Phi) is 6.89. The normalized spacial score (nSPS) is 14.4. The molecule has 10 heteroatoms. The summed E-state index contributed by atoms with van der Waals surface area (Å²) in [5.41, 5.74) is 1.40. The number of benzene rings is 1. The van der Waals surface area contributed by atoms with Gasteiger partial charge in [0.2, 0.25) is 5.95 Å². The van der Waals surface area contributed by atoms with E-state index >= 15 is 0 Å². The first-order valence-electron chi connectivity index (χ1n) is 9.29. The lowest BCUT2D eigenvalue weighted by Crippen LogP contribution is -2.27. The third-order valence-corrected chi connectivity index (χ3v) is 5.26. The minimum absolute atomic E-state index is 0. The molecule has 1 saturated heterocycles. The summed E-state index contributed by atoms with van der Waals surface area (Å²) in [6.07, 6.45) is 5.25. The first kappa shape index (κ1) is 21.3. The average molecular weight is 436 g/mol. The Balaban J connectivity index is 0.00000240. The van der Waals surface area contributed by atoms with Crippen LogP contribution in [0.5, 0.6) is 0 Å². The zero-order chi connectivity index (χ0) is 19.5. The van der Waals surface area contributed by atoms with E-state index in [9.17, 15) is 4.79 Å². The summed E-state index contributed by atoms with van der Waals surface area (Å²) in [7, 11) is 1.79. The van der Waals surface area contributed by atoms with Crippen molar-refractivity contribution in [2.24, 2.45) is 7.05 Å². The monoisotopic (exact) mass is 435 g/mol. The van der Waals surface area contributed by atoms with Gasteiger partial charge in [0, 0.05) is 24.2 Å². The number of halogens is 2. The van der Waals surface area contributed by atoms with E-state index in [4.69, 9.17) is 11.6 Å². The van der Waals surface area contributed by atoms with E-state index in [-0.39, 0.29) is 18.3 Å².